The molecule has 1 aliphatic rings. The minimum atomic E-state index is -0.605. The molecule has 2 aromatic rings. The van der Waals surface area contributed by atoms with E-state index in [0.717, 1.165) is 17.7 Å². The van der Waals surface area contributed by atoms with E-state index in [0.29, 0.717) is 18.0 Å². The van der Waals surface area contributed by atoms with Crippen molar-refractivity contribution in [3.8, 4) is 5.75 Å². The van der Waals surface area contributed by atoms with Crippen molar-refractivity contribution in [3.63, 3.8) is 0 Å². The van der Waals surface area contributed by atoms with Gasteiger partial charge in [-0.1, -0.05) is 37.3 Å². The Kier molecular flexibility index (Phi) is 3.52. The van der Waals surface area contributed by atoms with E-state index >= 15 is 0 Å². The average molecular weight is 282 g/mol. The number of hydrogen-bond donors (Lipinski definition) is 1. The Hall–Kier alpha value is -2.49. The monoisotopic (exact) mass is 282 g/mol. The molecule has 2 aromatic carbocycles. The van der Waals surface area contributed by atoms with Crippen LogP contribution in [0.5, 0.6) is 5.75 Å². The molecule has 0 fully saturated rings. The van der Waals surface area contributed by atoms with Crippen molar-refractivity contribution in [1.82, 2.24) is 0 Å². The maximum Gasteiger partial charge on any atom is 0.272 e. The van der Waals surface area contributed by atoms with Crippen LogP contribution in [-0.2, 0) is 4.79 Å². The first-order valence-electron chi connectivity index (χ1n) is 7.13. The van der Waals surface area contributed by atoms with Gasteiger partial charge in [0.15, 0.2) is 0 Å². The molecule has 0 aliphatic carbocycles. The molecule has 0 aromatic heterocycles. The summed E-state index contributed by atoms with van der Waals surface area (Å²) in [5, 5.41) is 0. The van der Waals surface area contributed by atoms with Gasteiger partial charge in [0, 0.05) is 23.9 Å². The molecule has 0 spiro atoms. The van der Waals surface area contributed by atoms with Gasteiger partial charge in [-0.2, -0.15) is 0 Å². The van der Waals surface area contributed by atoms with Crippen LogP contribution in [0, 0.1) is 0 Å². The molecule has 1 aliphatic heterocycles. The zero-order valence-corrected chi connectivity index (χ0v) is 12.0. The Morgan fingerprint density at radius 1 is 1.19 bits per heavy atom. The summed E-state index contributed by atoms with van der Waals surface area (Å²) in [6.07, 6.45) is 0.281. The Morgan fingerprint density at radius 3 is 2.67 bits per heavy atom. The van der Waals surface area contributed by atoms with Gasteiger partial charge in [0.1, 0.15) is 5.75 Å². The SMILES string of the molecule is CCCN1C(=O)C(c2ccccc2)Oc2cc(N)ccc21. The lowest BCUT2D eigenvalue weighted by atomic mass is 10.0. The Morgan fingerprint density at radius 2 is 1.95 bits per heavy atom. The van der Waals surface area contributed by atoms with E-state index < -0.39 is 6.10 Å². The van der Waals surface area contributed by atoms with Gasteiger partial charge in [-0.3, -0.25) is 4.79 Å². The summed E-state index contributed by atoms with van der Waals surface area (Å²) in [6.45, 7) is 2.72. The van der Waals surface area contributed by atoms with Crippen molar-refractivity contribution < 1.29 is 9.53 Å². The number of benzene rings is 2. The van der Waals surface area contributed by atoms with Crippen molar-refractivity contribution in [2.75, 3.05) is 17.2 Å². The first kappa shape index (κ1) is 13.5. The number of fused-ring (bicyclic) bond motifs is 1. The molecule has 4 heteroatoms. The second kappa shape index (κ2) is 5.48. The third-order valence-electron chi connectivity index (χ3n) is 3.56. The molecule has 1 amide bonds. The molecule has 3 rings (SSSR count). The van der Waals surface area contributed by atoms with E-state index in [1.165, 1.54) is 0 Å². The molecule has 0 bridgehead atoms. The molecule has 0 radical (unpaired) electrons. The van der Waals surface area contributed by atoms with Crippen molar-refractivity contribution in [1.29, 1.82) is 0 Å². The summed E-state index contributed by atoms with van der Waals surface area (Å²) >= 11 is 0. The Bertz CT molecular complexity index is 655. The Balaban J connectivity index is 2.05. The normalized spacial score (nSPS) is 17.3. The van der Waals surface area contributed by atoms with Crippen molar-refractivity contribution >= 4 is 17.3 Å². The predicted octanol–water partition coefficient (Wildman–Crippen LogP) is 3.15. The first-order chi connectivity index (χ1) is 10.2. The fraction of sp³-hybridized carbons (Fsp3) is 0.235. The van der Waals surface area contributed by atoms with Gasteiger partial charge in [-0.05, 0) is 18.6 Å². The standard InChI is InChI=1S/C17H18N2O2/c1-2-10-19-14-9-8-13(18)11-15(14)21-16(17(19)20)12-6-4-3-5-7-12/h3-9,11,16H,2,10,18H2,1H3. The summed E-state index contributed by atoms with van der Waals surface area (Å²) in [5.41, 5.74) is 8.12. The quantitative estimate of drug-likeness (QED) is 0.880. The highest BCUT2D eigenvalue weighted by Gasteiger charge is 2.34. The van der Waals surface area contributed by atoms with Crippen LogP contribution in [0.1, 0.15) is 25.0 Å². The fourth-order valence-electron chi connectivity index (χ4n) is 2.58. The number of nitrogen functional groups attached to an aromatic ring is 1. The molecule has 0 saturated carbocycles. The van der Waals surface area contributed by atoms with Gasteiger partial charge in [-0.25, -0.2) is 0 Å². The van der Waals surface area contributed by atoms with E-state index in [1.807, 2.05) is 36.4 Å². The van der Waals surface area contributed by atoms with Crippen LogP contribution in [-0.4, -0.2) is 12.5 Å². The van der Waals surface area contributed by atoms with Gasteiger partial charge >= 0.3 is 0 Å². The number of hydrogen-bond acceptors (Lipinski definition) is 3. The highest BCUT2D eigenvalue weighted by atomic mass is 16.5. The van der Waals surface area contributed by atoms with E-state index in [1.54, 1.807) is 17.0 Å². The number of nitrogens with zero attached hydrogens (tertiary/aromatic N) is 1. The topological polar surface area (TPSA) is 55.6 Å². The molecule has 4 nitrogen and oxygen atoms in total. The second-order valence-corrected chi connectivity index (χ2v) is 5.13. The zero-order chi connectivity index (χ0) is 14.8. The average Bonchev–Trinajstić information content (AvgIpc) is 2.51. The molecular formula is C17H18N2O2. The zero-order valence-electron chi connectivity index (χ0n) is 12.0. The van der Waals surface area contributed by atoms with E-state index in [9.17, 15) is 4.79 Å². The fourth-order valence-corrected chi connectivity index (χ4v) is 2.58. The van der Waals surface area contributed by atoms with Crippen molar-refractivity contribution in [3.05, 3.63) is 54.1 Å². The van der Waals surface area contributed by atoms with Crippen molar-refractivity contribution in [2.45, 2.75) is 19.4 Å². The van der Waals surface area contributed by atoms with Gasteiger partial charge in [0.2, 0.25) is 6.10 Å². The smallest absolute Gasteiger partial charge is 0.272 e. The summed E-state index contributed by atoms with van der Waals surface area (Å²) in [6, 6.07) is 15.0. The largest absolute Gasteiger partial charge is 0.474 e. The first-order valence-corrected chi connectivity index (χ1v) is 7.13. The molecular weight excluding hydrogens is 264 g/mol. The lowest BCUT2D eigenvalue weighted by Gasteiger charge is -2.34. The van der Waals surface area contributed by atoms with E-state index in [-0.39, 0.29) is 5.91 Å². The second-order valence-electron chi connectivity index (χ2n) is 5.13. The van der Waals surface area contributed by atoms with Crippen LogP contribution < -0.4 is 15.4 Å². The molecule has 2 N–H and O–H groups in total. The Labute approximate surface area is 124 Å². The molecule has 1 atom stereocenters. The highest BCUT2D eigenvalue weighted by Crippen LogP contribution is 2.40. The molecule has 21 heavy (non-hydrogen) atoms. The summed E-state index contributed by atoms with van der Waals surface area (Å²) < 4.78 is 5.92. The number of carbonyl (C=O) groups excluding carboxylic acids is 1. The van der Waals surface area contributed by atoms with E-state index in [2.05, 4.69) is 6.92 Å². The van der Waals surface area contributed by atoms with Crippen LogP contribution in [0.15, 0.2) is 48.5 Å². The van der Waals surface area contributed by atoms with Crippen LogP contribution in [0.2, 0.25) is 0 Å². The third-order valence-corrected chi connectivity index (χ3v) is 3.56. The van der Waals surface area contributed by atoms with Crippen LogP contribution in [0.4, 0.5) is 11.4 Å². The predicted molar refractivity (Wildman–Crippen MR) is 83.3 cm³/mol. The highest BCUT2D eigenvalue weighted by molar-refractivity contribution is 6.00. The lowest BCUT2D eigenvalue weighted by molar-refractivity contribution is -0.126. The minimum Gasteiger partial charge on any atom is -0.474 e. The minimum absolute atomic E-state index is 0.0275. The third kappa shape index (κ3) is 2.44. The maximum absolute atomic E-state index is 12.7. The van der Waals surface area contributed by atoms with Gasteiger partial charge < -0.3 is 15.4 Å². The summed E-state index contributed by atoms with van der Waals surface area (Å²) in [5.74, 6) is 0.636. The molecule has 0 saturated heterocycles. The number of anilines is 2. The van der Waals surface area contributed by atoms with E-state index in [4.69, 9.17) is 10.5 Å². The molecule has 108 valence electrons. The lowest BCUT2D eigenvalue weighted by Crippen LogP contribution is -2.41. The number of amides is 1. The van der Waals surface area contributed by atoms with Crippen LogP contribution in [0.25, 0.3) is 0 Å². The van der Waals surface area contributed by atoms with Crippen molar-refractivity contribution in [2.24, 2.45) is 0 Å². The number of ether oxygens (including phenoxy) is 1. The maximum atomic E-state index is 12.7. The molecule has 1 unspecified atom stereocenters. The summed E-state index contributed by atoms with van der Waals surface area (Å²) in [7, 11) is 0. The van der Waals surface area contributed by atoms with Gasteiger partial charge in [0.25, 0.3) is 5.91 Å². The summed E-state index contributed by atoms with van der Waals surface area (Å²) in [4.78, 5) is 14.5. The number of nitrogens with two attached hydrogens (primary N) is 1. The van der Waals surface area contributed by atoms with Crippen LogP contribution >= 0.6 is 0 Å². The van der Waals surface area contributed by atoms with Gasteiger partial charge in [-0.15, -0.1) is 0 Å². The van der Waals surface area contributed by atoms with Crippen LogP contribution in [0.3, 0.4) is 0 Å². The number of carbonyl (C=O) groups is 1. The number of rotatable bonds is 3. The van der Waals surface area contributed by atoms with Gasteiger partial charge in [0.05, 0.1) is 5.69 Å². The molecule has 1 heterocycles.